The number of ether oxygens (including phenoxy) is 2. The monoisotopic (exact) mass is 257 g/mol. The molecule has 0 saturated carbocycles. The Morgan fingerprint density at radius 1 is 1.47 bits per heavy atom. The maximum absolute atomic E-state index is 11.3. The first-order valence-electron chi connectivity index (χ1n) is 5.23. The van der Waals surface area contributed by atoms with Crippen molar-refractivity contribution in [1.82, 2.24) is 0 Å². The van der Waals surface area contributed by atoms with Gasteiger partial charge in [-0.25, -0.2) is 0 Å². The summed E-state index contributed by atoms with van der Waals surface area (Å²) in [6, 6.07) is 5.33. The van der Waals surface area contributed by atoms with E-state index in [2.05, 4.69) is 4.74 Å². The van der Waals surface area contributed by atoms with Crippen LogP contribution in [-0.4, -0.2) is 26.7 Å². The number of esters is 1. The van der Waals surface area contributed by atoms with Gasteiger partial charge in [-0.05, 0) is 18.7 Å². The summed E-state index contributed by atoms with van der Waals surface area (Å²) in [5.74, 6) is 0.116. The van der Waals surface area contributed by atoms with Crippen LogP contribution in [0.1, 0.15) is 17.9 Å². The van der Waals surface area contributed by atoms with E-state index in [0.717, 1.165) is 5.56 Å². The van der Waals surface area contributed by atoms with Crippen molar-refractivity contribution in [3.05, 3.63) is 28.8 Å². The first-order chi connectivity index (χ1) is 8.13. The summed E-state index contributed by atoms with van der Waals surface area (Å²) in [6.07, 6.45) is 0.188. The fourth-order valence-corrected chi connectivity index (χ4v) is 2.00. The van der Waals surface area contributed by atoms with Gasteiger partial charge in [-0.15, -0.1) is 0 Å². The summed E-state index contributed by atoms with van der Waals surface area (Å²) in [7, 11) is 2.90. The minimum absolute atomic E-state index is 0.188. The normalized spacial score (nSPS) is 12.0. The summed E-state index contributed by atoms with van der Waals surface area (Å²) in [6.45, 7) is 0.301. The quantitative estimate of drug-likeness (QED) is 0.819. The van der Waals surface area contributed by atoms with Crippen molar-refractivity contribution >= 4 is 17.6 Å². The third-order valence-corrected chi connectivity index (χ3v) is 2.90. The Bertz CT molecular complexity index is 395. The van der Waals surface area contributed by atoms with Gasteiger partial charge >= 0.3 is 5.97 Å². The summed E-state index contributed by atoms with van der Waals surface area (Å²) < 4.78 is 9.87. The number of carbonyl (C=O) groups is 1. The highest BCUT2D eigenvalue weighted by Gasteiger charge is 2.21. The molecule has 0 radical (unpaired) electrons. The first kappa shape index (κ1) is 13.8. The SMILES string of the molecule is COC(=O)CC(CN)c1c(Cl)cccc1OC. The highest BCUT2D eigenvalue weighted by molar-refractivity contribution is 6.31. The van der Waals surface area contributed by atoms with Crippen LogP contribution in [-0.2, 0) is 9.53 Å². The Morgan fingerprint density at radius 2 is 2.18 bits per heavy atom. The maximum atomic E-state index is 11.3. The van der Waals surface area contributed by atoms with Crippen LogP contribution < -0.4 is 10.5 Å². The van der Waals surface area contributed by atoms with Crippen LogP contribution in [0.25, 0.3) is 0 Å². The van der Waals surface area contributed by atoms with Gasteiger partial charge in [-0.2, -0.15) is 0 Å². The molecule has 0 aliphatic rings. The molecule has 2 N–H and O–H groups in total. The number of nitrogens with two attached hydrogens (primary N) is 1. The van der Waals surface area contributed by atoms with E-state index in [9.17, 15) is 4.79 Å². The number of hydrogen-bond donors (Lipinski definition) is 1. The summed E-state index contributed by atoms with van der Waals surface area (Å²) >= 11 is 6.12. The summed E-state index contributed by atoms with van der Waals surface area (Å²) in [4.78, 5) is 11.3. The van der Waals surface area contributed by atoms with E-state index in [1.165, 1.54) is 7.11 Å². The molecule has 0 spiro atoms. The van der Waals surface area contributed by atoms with E-state index in [1.807, 2.05) is 0 Å². The second-order valence-electron chi connectivity index (χ2n) is 3.57. The second-order valence-corrected chi connectivity index (χ2v) is 3.98. The molecule has 1 aromatic rings. The molecule has 17 heavy (non-hydrogen) atoms. The van der Waals surface area contributed by atoms with Gasteiger partial charge in [0, 0.05) is 16.5 Å². The van der Waals surface area contributed by atoms with Crippen LogP contribution in [0.5, 0.6) is 5.75 Å². The van der Waals surface area contributed by atoms with E-state index < -0.39 is 0 Å². The van der Waals surface area contributed by atoms with Crippen LogP contribution in [0.15, 0.2) is 18.2 Å². The van der Waals surface area contributed by atoms with Gasteiger partial charge in [-0.3, -0.25) is 4.79 Å². The Kier molecular flexibility index (Phi) is 5.25. The van der Waals surface area contributed by atoms with E-state index in [1.54, 1.807) is 25.3 Å². The second kappa shape index (κ2) is 6.47. The van der Waals surface area contributed by atoms with E-state index in [4.69, 9.17) is 22.1 Å². The zero-order chi connectivity index (χ0) is 12.8. The molecule has 0 saturated heterocycles. The van der Waals surface area contributed by atoms with Gasteiger partial charge in [0.05, 0.1) is 20.6 Å². The molecule has 0 fully saturated rings. The lowest BCUT2D eigenvalue weighted by molar-refractivity contribution is -0.141. The predicted octanol–water partition coefficient (Wildman–Crippen LogP) is 1.95. The van der Waals surface area contributed by atoms with Crippen LogP contribution in [0.4, 0.5) is 0 Å². The Balaban J connectivity index is 3.06. The highest BCUT2D eigenvalue weighted by Crippen LogP contribution is 2.34. The zero-order valence-corrected chi connectivity index (χ0v) is 10.7. The molecule has 4 nitrogen and oxygen atoms in total. The van der Waals surface area contributed by atoms with E-state index in [-0.39, 0.29) is 18.3 Å². The largest absolute Gasteiger partial charge is 0.496 e. The lowest BCUT2D eigenvalue weighted by atomic mass is 9.95. The molecule has 5 heteroatoms. The molecule has 0 heterocycles. The van der Waals surface area contributed by atoms with E-state index >= 15 is 0 Å². The maximum Gasteiger partial charge on any atom is 0.306 e. The molecule has 0 aliphatic heterocycles. The van der Waals surface area contributed by atoms with Crippen molar-refractivity contribution in [2.75, 3.05) is 20.8 Å². The molecule has 1 unspecified atom stereocenters. The number of methoxy groups -OCH3 is 2. The number of hydrogen-bond acceptors (Lipinski definition) is 4. The van der Waals surface area contributed by atoms with Crippen molar-refractivity contribution in [2.24, 2.45) is 5.73 Å². The molecule has 0 amide bonds. The topological polar surface area (TPSA) is 61.5 Å². The molecule has 1 aromatic carbocycles. The van der Waals surface area contributed by atoms with Crippen LogP contribution in [0, 0.1) is 0 Å². The molecule has 0 aromatic heterocycles. The highest BCUT2D eigenvalue weighted by atomic mass is 35.5. The smallest absolute Gasteiger partial charge is 0.306 e. The molecule has 1 rings (SSSR count). The minimum Gasteiger partial charge on any atom is -0.496 e. The van der Waals surface area contributed by atoms with Crippen molar-refractivity contribution < 1.29 is 14.3 Å². The zero-order valence-electron chi connectivity index (χ0n) is 9.90. The van der Waals surface area contributed by atoms with Crippen molar-refractivity contribution in [3.63, 3.8) is 0 Å². The van der Waals surface area contributed by atoms with Crippen LogP contribution >= 0.6 is 11.6 Å². The van der Waals surface area contributed by atoms with E-state index in [0.29, 0.717) is 17.3 Å². The number of rotatable bonds is 5. The first-order valence-corrected chi connectivity index (χ1v) is 5.61. The molecule has 94 valence electrons. The lowest BCUT2D eigenvalue weighted by Crippen LogP contribution is -2.18. The van der Waals surface area contributed by atoms with Gasteiger partial charge in [-0.1, -0.05) is 17.7 Å². The molecular weight excluding hydrogens is 242 g/mol. The third-order valence-electron chi connectivity index (χ3n) is 2.57. The van der Waals surface area contributed by atoms with Crippen LogP contribution in [0.2, 0.25) is 5.02 Å². The van der Waals surface area contributed by atoms with Gasteiger partial charge in [0.2, 0.25) is 0 Å². The van der Waals surface area contributed by atoms with Crippen molar-refractivity contribution in [3.8, 4) is 5.75 Å². The van der Waals surface area contributed by atoms with Crippen molar-refractivity contribution in [2.45, 2.75) is 12.3 Å². The fraction of sp³-hybridized carbons (Fsp3) is 0.417. The average Bonchev–Trinajstić information content (AvgIpc) is 2.35. The Hall–Kier alpha value is -1.26. The summed E-state index contributed by atoms with van der Waals surface area (Å²) in [5.41, 5.74) is 6.43. The molecule has 1 atom stereocenters. The summed E-state index contributed by atoms with van der Waals surface area (Å²) in [5, 5.41) is 0.545. The third kappa shape index (κ3) is 3.35. The number of halogens is 1. The van der Waals surface area contributed by atoms with Gasteiger partial charge in [0.1, 0.15) is 5.75 Å². The van der Waals surface area contributed by atoms with Gasteiger partial charge in [0.15, 0.2) is 0 Å². The molecule has 0 bridgehead atoms. The van der Waals surface area contributed by atoms with Crippen LogP contribution in [0.3, 0.4) is 0 Å². The average molecular weight is 258 g/mol. The Morgan fingerprint density at radius 3 is 2.71 bits per heavy atom. The van der Waals surface area contributed by atoms with Gasteiger partial charge < -0.3 is 15.2 Å². The van der Waals surface area contributed by atoms with Crippen molar-refractivity contribution in [1.29, 1.82) is 0 Å². The number of benzene rings is 1. The molecule has 0 aliphatic carbocycles. The number of carbonyl (C=O) groups excluding carboxylic acids is 1. The van der Waals surface area contributed by atoms with Gasteiger partial charge in [0.25, 0.3) is 0 Å². The Labute approximate surface area is 106 Å². The lowest BCUT2D eigenvalue weighted by Gasteiger charge is -2.18. The molecular formula is C12H16ClNO3. The predicted molar refractivity (Wildman–Crippen MR) is 66.4 cm³/mol. The fourth-order valence-electron chi connectivity index (χ4n) is 1.68. The minimum atomic E-state index is -0.317. The standard InChI is InChI=1S/C12H16ClNO3/c1-16-10-5-3-4-9(13)12(10)8(7-14)6-11(15)17-2/h3-5,8H,6-7,14H2,1-2H3.